The first-order valence-electron chi connectivity index (χ1n) is 7.78. The number of ether oxygens (including phenoxy) is 1. The average molecular weight is 304 g/mol. The van der Waals surface area contributed by atoms with Crippen molar-refractivity contribution in [3.63, 3.8) is 0 Å². The summed E-state index contributed by atoms with van der Waals surface area (Å²) in [4.78, 5) is 26.2. The molecule has 5 nitrogen and oxygen atoms in total. The summed E-state index contributed by atoms with van der Waals surface area (Å²) in [6, 6.07) is 9.27. The van der Waals surface area contributed by atoms with Gasteiger partial charge in [0.15, 0.2) is 0 Å². The van der Waals surface area contributed by atoms with Gasteiger partial charge in [-0.05, 0) is 38.4 Å². The standard InChI is InChI=1S/C17H24N2O3/c1-13(12-15(20)22-2)18-17(21)16(19-10-6-7-11-19)14-8-4-3-5-9-14/h3-5,8-9,13,16H,6-7,10-12H2,1-2H3,(H,18,21). The fourth-order valence-electron chi connectivity index (χ4n) is 2.87. The van der Waals surface area contributed by atoms with Crippen molar-refractivity contribution in [2.24, 2.45) is 0 Å². The van der Waals surface area contributed by atoms with E-state index in [9.17, 15) is 9.59 Å². The smallest absolute Gasteiger partial charge is 0.307 e. The van der Waals surface area contributed by atoms with E-state index in [1.807, 2.05) is 37.3 Å². The van der Waals surface area contributed by atoms with Crippen molar-refractivity contribution in [1.82, 2.24) is 10.2 Å². The van der Waals surface area contributed by atoms with Gasteiger partial charge in [0, 0.05) is 6.04 Å². The highest BCUT2D eigenvalue weighted by Crippen LogP contribution is 2.25. The SMILES string of the molecule is COC(=O)CC(C)NC(=O)C(c1ccccc1)N1CCCC1. The van der Waals surface area contributed by atoms with Gasteiger partial charge in [0.05, 0.1) is 13.5 Å². The summed E-state index contributed by atoms with van der Waals surface area (Å²) >= 11 is 0. The Hall–Kier alpha value is -1.88. The van der Waals surface area contributed by atoms with E-state index < -0.39 is 0 Å². The fourth-order valence-corrected chi connectivity index (χ4v) is 2.87. The van der Waals surface area contributed by atoms with Gasteiger partial charge in [0.25, 0.3) is 0 Å². The lowest BCUT2D eigenvalue weighted by molar-refractivity contribution is -0.141. The van der Waals surface area contributed by atoms with Crippen LogP contribution in [0.1, 0.15) is 37.8 Å². The molecule has 22 heavy (non-hydrogen) atoms. The number of hydrogen-bond acceptors (Lipinski definition) is 4. The number of benzene rings is 1. The van der Waals surface area contributed by atoms with Crippen LogP contribution in [0.2, 0.25) is 0 Å². The van der Waals surface area contributed by atoms with Gasteiger partial charge in [-0.1, -0.05) is 30.3 Å². The van der Waals surface area contributed by atoms with E-state index in [-0.39, 0.29) is 30.4 Å². The Balaban J connectivity index is 2.08. The van der Waals surface area contributed by atoms with E-state index >= 15 is 0 Å². The van der Waals surface area contributed by atoms with E-state index in [2.05, 4.69) is 15.0 Å². The maximum atomic E-state index is 12.7. The van der Waals surface area contributed by atoms with E-state index in [1.165, 1.54) is 7.11 Å². The van der Waals surface area contributed by atoms with Gasteiger partial charge < -0.3 is 10.1 Å². The topological polar surface area (TPSA) is 58.6 Å². The van der Waals surface area contributed by atoms with Crippen molar-refractivity contribution < 1.29 is 14.3 Å². The monoisotopic (exact) mass is 304 g/mol. The number of esters is 1. The molecule has 0 aliphatic carbocycles. The lowest BCUT2D eigenvalue weighted by atomic mass is 10.0. The third-order valence-corrected chi connectivity index (χ3v) is 3.96. The molecule has 0 bridgehead atoms. The van der Waals surface area contributed by atoms with Crippen LogP contribution in [0.25, 0.3) is 0 Å². The van der Waals surface area contributed by atoms with Crippen molar-refractivity contribution in [2.75, 3.05) is 20.2 Å². The summed E-state index contributed by atoms with van der Waals surface area (Å²) in [5.74, 6) is -0.366. The average Bonchev–Trinajstić information content (AvgIpc) is 3.02. The Morgan fingerprint density at radius 1 is 1.23 bits per heavy atom. The van der Waals surface area contributed by atoms with Crippen molar-refractivity contribution in [2.45, 2.75) is 38.3 Å². The molecule has 120 valence electrons. The summed E-state index contributed by atoms with van der Waals surface area (Å²) in [5, 5.41) is 2.94. The first-order valence-corrected chi connectivity index (χ1v) is 7.78. The molecule has 1 aliphatic heterocycles. The first-order chi connectivity index (χ1) is 10.6. The number of nitrogens with one attached hydrogen (secondary N) is 1. The molecule has 1 saturated heterocycles. The lowest BCUT2D eigenvalue weighted by Crippen LogP contribution is -2.43. The van der Waals surface area contributed by atoms with Crippen LogP contribution >= 0.6 is 0 Å². The molecule has 1 aromatic carbocycles. The molecule has 1 N–H and O–H groups in total. The second kappa shape index (κ2) is 7.94. The van der Waals surface area contributed by atoms with Crippen LogP contribution in [0.3, 0.4) is 0 Å². The zero-order chi connectivity index (χ0) is 15.9. The molecule has 0 radical (unpaired) electrons. The minimum absolute atomic E-state index is 0.0514. The highest BCUT2D eigenvalue weighted by atomic mass is 16.5. The van der Waals surface area contributed by atoms with Gasteiger partial charge in [0.2, 0.25) is 5.91 Å². The first kappa shape index (κ1) is 16.5. The maximum Gasteiger partial charge on any atom is 0.307 e. The van der Waals surface area contributed by atoms with Crippen molar-refractivity contribution >= 4 is 11.9 Å². The van der Waals surface area contributed by atoms with E-state index in [4.69, 9.17) is 0 Å². The number of rotatable bonds is 6. The van der Waals surface area contributed by atoms with E-state index in [1.54, 1.807) is 0 Å². The highest BCUT2D eigenvalue weighted by Gasteiger charge is 2.30. The third-order valence-electron chi connectivity index (χ3n) is 3.96. The zero-order valence-corrected chi connectivity index (χ0v) is 13.2. The lowest BCUT2D eigenvalue weighted by Gasteiger charge is -2.28. The molecule has 1 amide bonds. The maximum absolute atomic E-state index is 12.7. The third kappa shape index (κ3) is 4.31. The number of methoxy groups -OCH3 is 1. The molecule has 1 aliphatic rings. The predicted molar refractivity (Wildman–Crippen MR) is 84.2 cm³/mol. The second-order valence-electron chi connectivity index (χ2n) is 5.75. The van der Waals surface area contributed by atoms with Gasteiger partial charge in [-0.15, -0.1) is 0 Å². The molecule has 5 heteroatoms. The largest absolute Gasteiger partial charge is 0.469 e. The minimum Gasteiger partial charge on any atom is -0.469 e. The zero-order valence-electron chi connectivity index (χ0n) is 13.2. The minimum atomic E-state index is -0.315. The molecule has 0 aromatic heterocycles. The molecule has 2 unspecified atom stereocenters. The molecule has 2 atom stereocenters. The van der Waals surface area contributed by atoms with Crippen molar-refractivity contribution in [1.29, 1.82) is 0 Å². The van der Waals surface area contributed by atoms with Crippen LogP contribution in [0, 0.1) is 0 Å². The number of carbonyl (C=O) groups excluding carboxylic acids is 2. The Bertz CT molecular complexity index is 498. The Kier molecular flexibility index (Phi) is 5.95. The van der Waals surface area contributed by atoms with Gasteiger partial charge in [0.1, 0.15) is 6.04 Å². The van der Waals surface area contributed by atoms with Crippen LogP contribution in [0.15, 0.2) is 30.3 Å². The van der Waals surface area contributed by atoms with Crippen LogP contribution in [0.5, 0.6) is 0 Å². The quantitative estimate of drug-likeness (QED) is 0.815. The number of hydrogen-bond donors (Lipinski definition) is 1. The predicted octanol–water partition coefficient (Wildman–Crippen LogP) is 1.89. The molecule has 1 fully saturated rings. The normalized spacial score (nSPS) is 17.7. The van der Waals surface area contributed by atoms with Crippen LogP contribution in [-0.2, 0) is 14.3 Å². The number of amides is 1. The van der Waals surface area contributed by atoms with Gasteiger partial charge in [-0.2, -0.15) is 0 Å². The van der Waals surface area contributed by atoms with E-state index in [0.717, 1.165) is 31.5 Å². The van der Waals surface area contributed by atoms with Gasteiger partial charge >= 0.3 is 5.97 Å². The summed E-state index contributed by atoms with van der Waals surface area (Å²) < 4.78 is 4.65. The fraction of sp³-hybridized carbons (Fsp3) is 0.529. The van der Waals surface area contributed by atoms with Crippen LogP contribution in [-0.4, -0.2) is 43.0 Å². The van der Waals surface area contributed by atoms with Gasteiger partial charge in [-0.3, -0.25) is 14.5 Å². The summed E-state index contributed by atoms with van der Waals surface area (Å²) in [7, 11) is 1.36. The Morgan fingerprint density at radius 3 is 2.45 bits per heavy atom. The van der Waals surface area contributed by atoms with E-state index in [0.29, 0.717) is 0 Å². The summed E-state index contributed by atoms with van der Waals surface area (Å²) in [6.45, 7) is 3.68. The number of carbonyl (C=O) groups is 2. The summed E-state index contributed by atoms with van der Waals surface area (Å²) in [6.07, 6.45) is 2.42. The van der Waals surface area contributed by atoms with Crippen LogP contribution in [0.4, 0.5) is 0 Å². The Labute approximate surface area is 131 Å². The molecule has 0 saturated carbocycles. The molecular weight excluding hydrogens is 280 g/mol. The summed E-state index contributed by atoms with van der Waals surface area (Å²) in [5.41, 5.74) is 0.993. The highest BCUT2D eigenvalue weighted by molar-refractivity contribution is 5.84. The molecule has 2 rings (SSSR count). The van der Waals surface area contributed by atoms with Gasteiger partial charge in [-0.25, -0.2) is 0 Å². The number of likely N-dealkylation sites (tertiary alicyclic amines) is 1. The second-order valence-corrected chi connectivity index (χ2v) is 5.75. The van der Waals surface area contributed by atoms with Crippen molar-refractivity contribution in [3.8, 4) is 0 Å². The molecule has 1 heterocycles. The molecular formula is C17H24N2O3. The molecule has 1 aromatic rings. The van der Waals surface area contributed by atoms with Crippen LogP contribution < -0.4 is 5.32 Å². The Morgan fingerprint density at radius 2 is 1.86 bits per heavy atom. The molecule has 0 spiro atoms. The number of nitrogens with zero attached hydrogens (tertiary/aromatic N) is 1. The van der Waals surface area contributed by atoms with Crippen molar-refractivity contribution in [3.05, 3.63) is 35.9 Å².